The highest BCUT2D eigenvalue weighted by atomic mass is 16.6. The van der Waals surface area contributed by atoms with Gasteiger partial charge in [-0.2, -0.15) is 0 Å². The van der Waals surface area contributed by atoms with Crippen LogP contribution < -0.4 is 10.2 Å². The van der Waals surface area contributed by atoms with Gasteiger partial charge < -0.3 is 10.2 Å². The zero-order valence-electron chi connectivity index (χ0n) is 13.9. The van der Waals surface area contributed by atoms with Crippen LogP contribution in [0.25, 0.3) is 0 Å². The first kappa shape index (κ1) is 16.3. The summed E-state index contributed by atoms with van der Waals surface area (Å²) in [5.41, 5.74) is 2.87. The highest BCUT2D eigenvalue weighted by Gasteiger charge is 2.19. The van der Waals surface area contributed by atoms with Crippen molar-refractivity contribution < 1.29 is 4.92 Å². The van der Waals surface area contributed by atoms with E-state index < -0.39 is 0 Å². The number of benzene rings is 2. The van der Waals surface area contributed by atoms with Crippen LogP contribution in [0.4, 0.5) is 17.1 Å². The Morgan fingerprint density at radius 3 is 2.46 bits per heavy atom. The number of anilines is 2. The van der Waals surface area contributed by atoms with Crippen molar-refractivity contribution in [2.45, 2.75) is 32.2 Å². The van der Waals surface area contributed by atoms with E-state index in [1.54, 1.807) is 6.07 Å². The Bertz CT molecular complexity index is 697. The van der Waals surface area contributed by atoms with E-state index >= 15 is 0 Å². The summed E-state index contributed by atoms with van der Waals surface area (Å²) < 4.78 is 0. The second-order valence-corrected chi connectivity index (χ2v) is 6.28. The van der Waals surface area contributed by atoms with Gasteiger partial charge in [-0.15, -0.1) is 0 Å². The van der Waals surface area contributed by atoms with Gasteiger partial charge in [0.1, 0.15) is 5.69 Å². The molecule has 0 radical (unpaired) electrons. The number of nitro benzene ring substituents is 1. The van der Waals surface area contributed by atoms with Crippen LogP contribution in [0.15, 0.2) is 48.5 Å². The van der Waals surface area contributed by atoms with E-state index in [4.69, 9.17) is 0 Å². The van der Waals surface area contributed by atoms with Crippen molar-refractivity contribution in [3.63, 3.8) is 0 Å². The molecule has 5 nitrogen and oxygen atoms in total. The van der Waals surface area contributed by atoms with Crippen LogP contribution in [-0.2, 0) is 0 Å². The smallest absolute Gasteiger partial charge is 0.292 e. The average Bonchev–Trinajstić information content (AvgIpc) is 2.63. The van der Waals surface area contributed by atoms with E-state index in [0.717, 1.165) is 24.3 Å². The molecule has 5 heteroatoms. The van der Waals surface area contributed by atoms with Crippen molar-refractivity contribution in [2.75, 3.05) is 23.3 Å². The number of hydrogen-bond donors (Lipinski definition) is 1. The molecule has 1 aliphatic heterocycles. The summed E-state index contributed by atoms with van der Waals surface area (Å²) in [4.78, 5) is 13.4. The number of nitrogens with one attached hydrogen (secondary N) is 1. The summed E-state index contributed by atoms with van der Waals surface area (Å²) in [7, 11) is 0. The Hall–Kier alpha value is -2.56. The molecule has 1 fully saturated rings. The lowest BCUT2D eigenvalue weighted by Crippen LogP contribution is -2.29. The van der Waals surface area contributed by atoms with Gasteiger partial charge in [0.15, 0.2) is 0 Å². The van der Waals surface area contributed by atoms with Crippen molar-refractivity contribution >= 4 is 17.1 Å². The third-order valence-corrected chi connectivity index (χ3v) is 4.57. The molecule has 126 valence electrons. The third-order valence-electron chi connectivity index (χ3n) is 4.57. The number of rotatable bonds is 5. The van der Waals surface area contributed by atoms with Gasteiger partial charge in [-0.3, -0.25) is 10.1 Å². The van der Waals surface area contributed by atoms with Crippen molar-refractivity contribution in [3.05, 3.63) is 64.2 Å². The van der Waals surface area contributed by atoms with Crippen molar-refractivity contribution in [1.29, 1.82) is 0 Å². The van der Waals surface area contributed by atoms with Gasteiger partial charge in [0.2, 0.25) is 0 Å². The molecular formula is C19H23N3O2. The van der Waals surface area contributed by atoms with Gasteiger partial charge in [-0.05, 0) is 43.9 Å². The number of nitro groups is 1. The summed E-state index contributed by atoms with van der Waals surface area (Å²) in [5.74, 6) is 0. The molecule has 1 atom stereocenters. The topological polar surface area (TPSA) is 58.4 Å². The Morgan fingerprint density at radius 2 is 1.79 bits per heavy atom. The Balaban J connectivity index is 1.87. The SMILES string of the molecule is C[C@@H](Nc1cc(N2CCCCC2)ccc1[N+](=O)[O-])c1ccccc1. The lowest BCUT2D eigenvalue weighted by molar-refractivity contribution is -0.384. The fourth-order valence-corrected chi connectivity index (χ4v) is 3.21. The van der Waals surface area contributed by atoms with E-state index in [1.165, 1.54) is 19.3 Å². The Morgan fingerprint density at radius 1 is 1.08 bits per heavy atom. The van der Waals surface area contributed by atoms with E-state index in [1.807, 2.05) is 49.4 Å². The fourth-order valence-electron chi connectivity index (χ4n) is 3.21. The maximum Gasteiger partial charge on any atom is 0.292 e. The number of piperidine rings is 1. The molecule has 0 aliphatic carbocycles. The van der Waals surface area contributed by atoms with Crippen LogP contribution in [0.5, 0.6) is 0 Å². The first-order valence-corrected chi connectivity index (χ1v) is 8.50. The van der Waals surface area contributed by atoms with E-state index in [9.17, 15) is 10.1 Å². The summed E-state index contributed by atoms with van der Waals surface area (Å²) >= 11 is 0. The third kappa shape index (κ3) is 3.67. The van der Waals surface area contributed by atoms with E-state index in [-0.39, 0.29) is 16.7 Å². The van der Waals surface area contributed by atoms with Gasteiger partial charge in [-0.1, -0.05) is 30.3 Å². The average molecular weight is 325 g/mol. The van der Waals surface area contributed by atoms with Crippen LogP contribution in [0.2, 0.25) is 0 Å². The number of nitrogens with zero attached hydrogens (tertiary/aromatic N) is 2. The monoisotopic (exact) mass is 325 g/mol. The molecule has 0 saturated carbocycles. The molecule has 1 saturated heterocycles. The Labute approximate surface area is 142 Å². The van der Waals surface area contributed by atoms with Crippen molar-refractivity contribution in [3.8, 4) is 0 Å². The molecule has 2 aromatic rings. The van der Waals surface area contributed by atoms with Crippen LogP contribution in [0.1, 0.15) is 37.8 Å². The van der Waals surface area contributed by atoms with Gasteiger partial charge in [-0.25, -0.2) is 0 Å². The first-order valence-electron chi connectivity index (χ1n) is 8.50. The van der Waals surface area contributed by atoms with Gasteiger partial charge in [0.05, 0.1) is 4.92 Å². The van der Waals surface area contributed by atoms with Crippen molar-refractivity contribution in [2.24, 2.45) is 0 Å². The Kier molecular flexibility index (Phi) is 4.99. The maximum atomic E-state index is 11.4. The van der Waals surface area contributed by atoms with Crippen LogP contribution in [0.3, 0.4) is 0 Å². The minimum atomic E-state index is -0.319. The molecule has 0 spiro atoms. The first-order chi connectivity index (χ1) is 11.6. The molecular weight excluding hydrogens is 302 g/mol. The van der Waals surface area contributed by atoms with Crippen molar-refractivity contribution in [1.82, 2.24) is 0 Å². The molecule has 2 aromatic carbocycles. The molecule has 1 N–H and O–H groups in total. The van der Waals surface area contributed by atoms with Crippen LogP contribution in [0, 0.1) is 10.1 Å². The van der Waals surface area contributed by atoms with Gasteiger partial charge in [0, 0.05) is 30.9 Å². The van der Waals surface area contributed by atoms with E-state index in [0.29, 0.717) is 5.69 Å². The zero-order valence-corrected chi connectivity index (χ0v) is 13.9. The number of hydrogen-bond acceptors (Lipinski definition) is 4. The molecule has 0 bridgehead atoms. The predicted octanol–water partition coefficient (Wildman–Crippen LogP) is 4.76. The highest BCUT2D eigenvalue weighted by Crippen LogP contribution is 2.33. The van der Waals surface area contributed by atoms with E-state index in [2.05, 4.69) is 10.2 Å². The van der Waals surface area contributed by atoms with Crippen LogP contribution in [-0.4, -0.2) is 18.0 Å². The summed E-state index contributed by atoms with van der Waals surface area (Å²) in [6.07, 6.45) is 3.62. The predicted molar refractivity (Wildman–Crippen MR) is 97.6 cm³/mol. The quantitative estimate of drug-likeness (QED) is 0.636. The molecule has 0 aromatic heterocycles. The van der Waals surface area contributed by atoms with Gasteiger partial charge in [0.25, 0.3) is 5.69 Å². The van der Waals surface area contributed by atoms with Crippen LogP contribution >= 0.6 is 0 Å². The summed E-state index contributed by atoms with van der Waals surface area (Å²) in [5, 5.41) is 14.7. The minimum absolute atomic E-state index is 0.00139. The lowest BCUT2D eigenvalue weighted by Gasteiger charge is -2.29. The second-order valence-electron chi connectivity index (χ2n) is 6.28. The zero-order chi connectivity index (χ0) is 16.9. The molecule has 3 rings (SSSR count). The molecule has 1 aliphatic rings. The highest BCUT2D eigenvalue weighted by molar-refractivity contribution is 5.69. The molecule has 0 unspecified atom stereocenters. The normalized spacial score (nSPS) is 15.8. The lowest BCUT2D eigenvalue weighted by atomic mass is 10.1. The molecule has 1 heterocycles. The largest absolute Gasteiger partial charge is 0.373 e. The standard InChI is InChI=1S/C19H23N3O2/c1-15(16-8-4-2-5-9-16)20-18-14-17(10-11-19(18)22(23)24)21-12-6-3-7-13-21/h2,4-5,8-11,14-15,20H,3,6-7,12-13H2,1H3/t15-/m1/s1. The second kappa shape index (κ2) is 7.34. The minimum Gasteiger partial charge on any atom is -0.373 e. The molecule has 0 amide bonds. The summed E-state index contributed by atoms with van der Waals surface area (Å²) in [6, 6.07) is 15.4. The van der Waals surface area contributed by atoms with Gasteiger partial charge >= 0.3 is 0 Å². The molecule has 24 heavy (non-hydrogen) atoms. The fraction of sp³-hybridized carbons (Fsp3) is 0.368. The maximum absolute atomic E-state index is 11.4. The summed E-state index contributed by atoms with van der Waals surface area (Å²) in [6.45, 7) is 4.06.